The molecule has 0 amide bonds. The fourth-order valence-electron chi connectivity index (χ4n) is 2.18. The van der Waals surface area contributed by atoms with Gasteiger partial charge in [0, 0.05) is 23.8 Å². The van der Waals surface area contributed by atoms with Gasteiger partial charge in [-0.2, -0.15) is 0 Å². The van der Waals surface area contributed by atoms with Gasteiger partial charge in [0.25, 0.3) is 0 Å². The maximum Gasteiger partial charge on any atom is 0.125 e. The van der Waals surface area contributed by atoms with Crippen molar-refractivity contribution in [3.05, 3.63) is 29.6 Å². The standard InChI is InChI=1S/C13H19FN2/c1-13(2,3)16-11-6-9-4-5-10(14)7-12(9)15-8-11/h4-5,7,11,15-16H,6,8H2,1-3H3. The average Bonchev–Trinajstić information content (AvgIpc) is 2.16. The predicted molar refractivity (Wildman–Crippen MR) is 65.3 cm³/mol. The Kier molecular flexibility index (Phi) is 2.89. The summed E-state index contributed by atoms with van der Waals surface area (Å²) in [6.07, 6.45) is 0.958. The van der Waals surface area contributed by atoms with E-state index >= 15 is 0 Å². The minimum absolute atomic E-state index is 0.115. The molecular weight excluding hydrogens is 203 g/mol. The van der Waals surface area contributed by atoms with Crippen LogP contribution in [0, 0.1) is 5.82 Å². The van der Waals surface area contributed by atoms with Crippen molar-refractivity contribution in [1.82, 2.24) is 5.32 Å². The number of anilines is 1. The van der Waals surface area contributed by atoms with Crippen LogP contribution in [0.2, 0.25) is 0 Å². The fourth-order valence-corrected chi connectivity index (χ4v) is 2.18. The van der Waals surface area contributed by atoms with E-state index < -0.39 is 0 Å². The van der Waals surface area contributed by atoms with Gasteiger partial charge in [0.1, 0.15) is 5.82 Å². The van der Waals surface area contributed by atoms with E-state index in [1.165, 1.54) is 11.6 Å². The molecule has 0 radical (unpaired) electrons. The van der Waals surface area contributed by atoms with Gasteiger partial charge in [-0.05, 0) is 44.9 Å². The highest BCUT2D eigenvalue weighted by Gasteiger charge is 2.22. The molecule has 0 bridgehead atoms. The van der Waals surface area contributed by atoms with Crippen molar-refractivity contribution in [2.45, 2.75) is 38.8 Å². The number of rotatable bonds is 1. The van der Waals surface area contributed by atoms with Crippen molar-refractivity contribution in [2.24, 2.45) is 0 Å². The Hall–Kier alpha value is -1.09. The summed E-state index contributed by atoms with van der Waals surface area (Å²) in [6, 6.07) is 5.38. The van der Waals surface area contributed by atoms with E-state index in [0.717, 1.165) is 18.7 Å². The van der Waals surface area contributed by atoms with E-state index in [0.29, 0.717) is 6.04 Å². The second-order valence-corrected chi connectivity index (χ2v) is 5.48. The second-order valence-electron chi connectivity index (χ2n) is 5.48. The molecule has 2 rings (SSSR count). The van der Waals surface area contributed by atoms with Crippen molar-refractivity contribution in [2.75, 3.05) is 11.9 Å². The number of fused-ring (bicyclic) bond motifs is 1. The van der Waals surface area contributed by atoms with Gasteiger partial charge in [0.15, 0.2) is 0 Å². The van der Waals surface area contributed by atoms with Crippen LogP contribution >= 0.6 is 0 Å². The number of nitrogens with one attached hydrogen (secondary N) is 2. The summed E-state index contributed by atoms with van der Waals surface area (Å²) in [7, 11) is 0. The lowest BCUT2D eigenvalue weighted by Crippen LogP contribution is -2.49. The molecule has 88 valence electrons. The van der Waals surface area contributed by atoms with Gasteiger partial charge in [-0.1, -0.05) is 6.07 Å². The Morgan fingerprint density at radius 2 is 2.12 bits per heavy atom. The lowest BCUT2D eigenvalue weighted by atomic mass is 9.97. The zero-order chi connectivity index (χ0) is 11.8. The zero-order valence-corrected chi connectivity index (χ0v) is 10.1. The Labute approximate surface area is 96.2 Å². The first-order valence-corrected chi connectivity index (χ1v) is 5.74. The molecule has 2 N–H and O–H groups in total. The largest absolute Gasteiger partial charge is 0.383 e. The van der Waals surface area contributed by atoms with Crippen molar-refractivity contribution < 1.29 is 4.39 Å². The maximum absolute atomic E-state index is 13.0. The quantitative estimate of drug-likeness (QED) is 0.763. The van der Waals surface area contributed by atoms with Gasteiger partial charge >= 0.3 is 0 Å². The highest BCUT2D eigenvalue weighted by molar-refractivity contribution is 5.54. The third kappa shape index (κ3) is 2.73. The van der Waals surface area contributed by atoms with Crippen LogP contribution in [0.1, 0.15) is 26.3 Å². The molecule has 0 aliphatic carbocycles. The van der Waals surface area contributed by atoms with Crippen LogP contribution < -0.4 is 10.6 Å². The minimum atomic E-state index is -0.173. The van der Waals surface area contributed by atoms with E-state index in [1.807, 2.05) is 6.07 Å². The molecule has 1 aromatic carbocycles. The topological polar surface area (TPSA) is 24.1 Å². The third-order valence-corrected chi connectivity index (χ3v) is 2.71. The minimum Gasteiger partial charge on any atom is -0.383 e. The predicted octanol–water partition coefficient (Wildman–Crippen LogP) is 2.55. The van der Waals surface area contributed by atoms with Gasteiger partial charge < -0.3 is 10.6 Å². The van der Waals surface area contributed by atoms with E-state index in [4.69, 9.17) is 0 Å². The molecule has 1 heterocycles. The van der Waals surface area contributed by atoms with Crippen LogP contribution in [0.4, 0.5) is 10.1 Å². The lowest BCUT2D eigenvalue weighted by molar-refractivity contribution is 0.360. The van der Waals surface area contributed by atoms with Gasteiger partial charge in [0.2, 0.25) is 0 Å². The lowest BCUT2D eigenvalue weighted by Gasteiger charge is -2.33. The van der Waals surface area contributed by atoms with Crippen LogP contribution in [0.5, 0.6) is 0 Å². The summed E-state index contributed by atoms with van der Waals surface area (Å²) in [4.78, 5) is 0. The second kappa shape index (κ2) is 4.06. The molecule has 0 fully saturated rings. The normalized spacial score (nSPS) is 20.1. The van der Waals surface area contributed by atoms with Gasteiger partial charge in [-0.15, -0.1) is 0 Å². The van der Waals surface area contributed by atoms with Crippen molar-refractivity contribution in [3.8, 4) is 0 Å². The van der Waals surface area contributed by atoms with Crippen molar-refractivity contribution in [1.29, 1.82) is 0 Å². The van der Waals surface area contributed by atoms with Crippen LogP contribution in [0.25, 0.3) is 0 Å². The monoisotopic (exact) mass is 222 g/mol. The molecule has 1 atom stereocenters. The maximum atomic E-state index is 13.0. The van der Waals surface area contributed by atoms with Gasteiger partial charge in [-0.3, -0.25) is 0 Å². The molecule has 0 spiro atoms. The first-order chi connectivity index (χ1) is 7.44. The molecule has 0 saturated carbocycles. The number of hydrogen-bond donors (Lipinski definition) is 2. The summed E-state index contributed by atoms with van der Waals surface area (Å²) < 4.78 is 13.0. The van der Waals surface area contributed by atoms with E-state index in [9.17, 15) is 4.39 Å². The Morgan fingerprint density at radius 1 is 1.38 bits per heavy atom. The number of benzene rings is 1. The van der Waals surface area contributed by atoms with Crippen LogP contribution in [-0.2, 0) is 6.42 Å². The average molecular weight is 222 g/mol. The molecule has 1 aromatic rings. The highest BCUT2D eigenvalue weighted by atomic mass is 19.1. The molecule has 3 heteroatoms. The first-order valence-electron chi connectivity index (χ1n) is 5.74. The van der Waals surface area contributed by atoms with E-state index in [1.54, 1.807) is 6.07 Å². The molecule has 1 aliphatic heterocycles. The zero-order valence-electron chi connectivity index (χ0n) is 10.1. The molecule has 16 heavy (non-hydrogen) atoms. The Morgan fingerprint density at radius 3 is 2.81 bits per heavy atom. The summed E-state index contributed by atoms with van der Waals surface area (Å²) in [5, 5.41) is 6.83. The molecule has 0 saturated heterocycles. The Bertz CT molecular complexity index is 382. The third-order valence-electron chi connectivity index (χ3n) is 2.71. The smallest absolute Gasteiger partial charge is 0.125 e. The number of hydrogen-bond acceptors (Lipinski definition) is 2. The summed E-state index contributed by atoms with van der Waals surface area (Å²) in [5.41, 5.74) is 2.24. The van der Waals surface area contributed by atoms with Crippen LogP contribution in [-0.4, -0.2) is 18.1 Å². The Balaban J connectivity index is 2.09. The van der Waals surface area contributed by atoms with Crippen molar-refractivity contribution >= 4 is 5.69 Å². The van der Waals surface area contributed by atoms with E-state index in [-0.39, 0.29) is 11.4 Å². The van der Waals surface area contributed by atoms with Gasteiger partial charge in [0.05, 0.1) is 0 Å². The van der Waals surface area contributed by atoms with Gasteiger partial charge in [-0.25, -0.2) is 4.39 Å². The molecule has 2 nitrogen and oxygen atoms in total. The van der Waals surface area contributed by atoms with Crippen LogP contribution in [0.3, 0.4) is 0 Å². The van der Waals surface area contributed by atoms with Crippen molar-refractivity contribution in [3.63, 3.8) is 0 Å². The summed E-state index contributed by atoms with van der Waals surface area (Å²) in [5.74, 6) is -0.173. The SMILES string of the molecule is CC(C)(C)NC1CNc2cc(F)ccc2C1. The molecule has 1 aliphatic rings. The first kappa shape index (κ1) is 11.4. The summed E-state index contributed by atoms with van der Waals surface area (Å²) >= 11 is 0. The fraction of sp³-hybridized carbons (Fsp3) is 0.538. The van der Waals surface area contributed by atoms with E-state index in [2.05, 4.69) is 31.4 Å². The molecular formula is C13H19FN2. The number of halogens is 1. The summed E-state index contributed by atoms with van der Waals surface area (Å²) in [6.45, 7) is 7.33. The molecule has 1 unspecified atom stereocenters. The van der Waals surface area contributed by atoms with Crippen LogP contribution in [0.15, 0.2) is 18.2 Å². The molecule has 0 aromatic heterocycles. The highest BCUT2D eigenvalue weighted by Crippen LogP contribution is 2.23.